The number of nitrogens with two attached hydrogens (primary N) is 2. The Morgan fingerprint density at radius 1 is 1.25 bits per heavy atom. The molecule has 4 N–H and O–H groups in total. The van der Waals surface area contributed by atoms with E-state index in [1.165, 1.54) is 0 Å². The molecule has 3 nitrogen and oxygen atoms in total. The van der Waals surface area contributed by atoms with E-state index < -0.39 is 0 Å². The van der Waals surface area contributed by atoms with Crippen molar-refractivity contribution in [3.63, 3.8) is 0 Å². The normalized spacial score (nSPS) is 11.2. The van der Waals surface area contributed by atoms with Crippen LogP contribution in [0.25, 0.3) is 0 Å². The van der Waals surface area contributed by atoms with E-state index in [9.17, 15) is 0 Å². The molecule has 0 heterocycles. The van der Waals surface area contributed by atoms with Crippen LogP contribution in [0.3, 0.4) is 0 Å². The maximum atomic E-state index is 5.97. The largest absolute Gasteiger partial charge is 0.370 e. The molecule has 1 aromatic rings. The lowest BCUT2D eigenvalue weighted by atomic mass is 9.85. The molecule has 0 radical (unpaired) electrons. The van der Waals surface area contributed by atoms with Crippen molar-refractivity contribution >= 4 is 29.2 Å². The van der Waals surface area contributed by atoms with Gasteiger partial charge < -0.3 is 11.5 Å². The Bertz CT molecular complexity index is 410. The molecule has 1 aromatic carbocycles. The number of hydrogen-bond donors (Lipinski definition) is 2. The van der Waals surface area contributed by atoms with Crippen molar-refractivity contribution in [2.75, 3.05) is 6.54 Å². The first-order valence-electron chi connectivity index (χ1n) is 4.84. The zero-order valence-corrected chi connectivity index (χ0v) is 10.8. The summed E-state index contributed by atoms with van der Waals surface area (Å²) in [6, 6.07) is 5.54. The SMILES string of the molecule is CC(C)(CN=C(N)N)c1ccc(Cl)c(Cl)c1. The number of benzene rings is 1. The second-order valence-electron chi connectivity index (χ2n) is 4.25. The van der Waals surface area contributed by atoms with Crippen LogP contribution in [0.2, 0.25) is 10.0 Å². The van der Waals surface area contributed by atoms with E-state index in [2.05, 4.69) is 4.99 Å². The van der Waals surface area contributed by atoms with Gasteiger partial charge in [-0.2, -0.15) is 0 Å². The van der Waals surface area contributed by atoms with Crippen LogP contribution in [0.5, 0.6) is 0 Å². The highest BCUT2D eigenvalue weighted by Gasteiger charge is 2.21. The van der Waals surface area contributed by atoms with Crippen molar-refractivity contribution < 1.29 is 0 Å². The first-order chi connectivity index (χ1) is 7.33. The van der Waals surface area contributed by atoms with Gasteiger partial charge in [-0.3, -0.25) is 4.99 Å². The molecule has 0 saturated carbocycles. The predicted molar refractivity (Wildman–Crippen MR) is 70.2 cm³/mol. The van der Waals surface area contributed by atoms with Gasteiger partial charge >= 0.3 is 0 Å². The van der Waals surface area contributed by atoms with Gasteiger partial charge in [0.1, 0.15) is 0 Å². The number of aliphatic imine (C=N–C) groups is 1. The van der Waals surface area contributed by atoms with E-state index in [-0.39, 0.29) is 11.4 Å². The molecule has 88 valence electrons. The Balaban J connectivity index is 2.97. The van der Waals surface area contributed by atoms with Gasteiger partial charge in [0.25, 0.3) is 0 Å². The third kappa shape index (κ3) is 3.29. The molecule has 0 bridgehead atoms. The molecule has 0 fully saturated rings. The lowest BCUT2D eigenvalue weighted by molar-refractivity contribution is 0.540. The molecule has 0 aromatic heterocycles. The molecule has 0 atom stereocenters. The summed E-state index contributed by atoms with van der Waals surface area (Å²) in [7, 11) is 0. The van der Waals surface area contributed by atoms with E-state index >= 15 is 0 Å². The summed E-state index contributed by atoms with van der Waals surface area (Å²) in [5.74, 6) is 0.0909. The lowest BCUT2D eigenvalue weighted by Gasteiger charge is -2.23. The average Bonchev–Trinajstić information content (AvgIpc) is 2.19. The van der Waals surface area contributed by atoms with Gasteiger partial charge in [-0.1, -0.05) is 43.1 Å². The number of rotatable bonds is 3. The highest BCUT2D eigenvalue weighted by atomic mass is 35.5. The molecule has 0 amide bonds. The van der Waals surface area contributed by atoms with Gasteiger partial charge in [0.05, 0.1) is 16.6 Å². The maximum Gasteiger partial charge on any atom is 0.185 e. The van der Waals surface area contributed by atoms with Gasteiger partial charge in [-0.25, -0.2) is 0 Å². The second kappa shape index (κ2) is 4.93. The molecule has 0 aliphatic heterocycles. The van der Waals surface area contributed by atoms with Crippen LogP contribution in [0, 0.1) is 0 Å². The van der Waals surface area contributed by atoms with Crippen molar-refractivity contribution in [1.82, 2.24) is 0 Å². The Labute approximate surface area is 105 Å². The molecule has 0 unspecified atom stereocenters. The highest BCUT2D eigenvalue weighted by molar-refractivity contribution is 6.42. The fraction of sp³-hybridized carbons (Fsp3) is 0.364. The first kappa shape index (κ1) is 13.1. The van der Waals surface area contributed by atoms with Crippen LogP contribution < -0.4 is 11.5 Å². The smallest absolute Gasteiger partial charge is 0.185 e. The van der Waals surface area contributed by atoms with Crippen LogP contribution in [-0.2, 0) is 5.41 Å². The van der Waals surface area contributed by atoms with Crippen LogP contribution in [0.4, 0.5) is 0 Å². The third-order valence-corrected chi connectivity index (χ3v) is 3.10. The summed E-state index contributed by atoms with van der Waals surface area (Å²) < 4.78 is 0. The van der Waals surface area contributed by atoms with Crippen LogP contribution >= 0.6 is 23.2 Å². The molecule has 0 aliphatic carbocycles. The summed E-state index contributed by atoms with van der Waals surface area (Å²) in [6.45, 7) is 4.59. The van der Waals surface area contributed by atoms with Crippen molar-refractivity contribution in [3.05, 3.63) is 33.8 Å². The van der Waals surface area contributed by atoms with E-state index in [4.69, 9.17) is 34.7 Å². The minimum absolute atomic E-state index is 0.0909. The van der Waals surface area contributed by atoms with Gasteiger partial charge in [-0.05, 0) is 17.7 Å². The molecule has 5 heteroatoms. The van der Waals surface area contributed by atoms with E-state index in [1.54, 1.807) is 6.07 Å². The minimum atomic E-state index is -0.182. The molecule has 1 rings (SSSR count). The Hall–Kier alpha value is -0.930. The van der Waals surface area contributed by atoms with E-state index in [1.807, 2.05) is 26.0 Å². The van der Waals surface area contributed by atoms with Crippen LogP contribution in [0.15, 0.2) is 23.2 Å². The summed E-state index contributed by atoms with van der Waals surface area (Å²) in [5, 5.41) is 1.08. The molecular formula is C11H15Cl2N3. The summed E-state index contributed by atoms with van der Waals surface area (Å²) in [6.07, 6.45) is 0. The van der Waals surface area contributed by atoms with Gasteiger partial charge in [0.2, 0.25) is 0 Å². The molecule has 16 heavy (non-hydrogen) atoms. The molecular weight excluding hydrogens is 245 g/mol. The van der Waals surface area contributed by atoms with Crippen LogP contribution in [-0.4, -0.2) is 12.5 Å². The average molecular weight is 260 g/mol. The van der Waals surface area contributed by atoms with Gasteiger partial charge in [0, 0.05) is 5.41 Å². The van der Waals surface area contributed by atoms with Crippen molar-refractivity contribution in [3.8, 4) is 0 Å². The monoisotopic (exact) mass is 259 g/mol. The zero-order chi connectivity index (χ0) is 12.3. The number of halogens is 2. The van der Waals surface area contributed by atoms with Crippen LogP contribution in [0.1, 0.15) is 19.4 Å². The van der Waals surface area contributed by atoms with Crippen molar-refractivity contribution in [2.45, 2.75) is 19.3 Å². The first-order valence-corrected chi connectivity index (χ1v) is 5.59. The second-order valence-corrected chi connectivity index (χ2v) is 5.07. The topological polar surface area (TPSA) is 64.4 Å². The Morgan fingerprint density at radius 3 is 2.38 bits per heavy atom. The zero-order valence-electron chi connectivity index (χ0n) is 9.30. The highest BCUT2D eigenvalue weighted by Crippen LogP contribution is 2.30. The van der Waals surface area contributed by atoms with Gasteiger partial charge in [-0.15, -0.1) is 0 Å². The number of nitrogens with zero attached hydrogens (tertiary/aromatic N) is 1. The predicted octanol–water partition coefficient (Wildman–Crippen LogP) is 2.54. The summed E-state index contributed by atoms with van der Waals surface area (Å²) >= 11 is 11.8. The maximum absolute atomic E-state index is 5.97. The Morgan fingerprint density at radius 2 is 1.88 bits per heavy atom. The quantitative estimate of drug-likeness (QED) is 0.648. The fourth-order valence-electron chi connectivity index (χ4n) is 1.30. The minimum Gasteiger partial charge on any atom is -0.370 e. The molecule has 0 spiro atoms. The molecule has 0 saturated heterocycles. The fourth-order valence-corrected chi connectivity index (χ4v) is 1.60. The number of guanidine groups is 1. The Kier molecular flexibility index (Phi) is 4.05. The standard InChI is InChI=1S/C11H15Cl2N3/c1-11(2,6-16-10(14)15)7-3-4-8(12)9(13)5-7/h3-5H,6H2,1-2H3,(H4,14,15,16). The van der Waals surface area contributed by atoms with Crippen molar-refractivity contribution in [1.29, 1.82) is 0 Å². The van der Waals surface area contributed by atoms with Crippen molar-refractivity contribution in [2.24, 2.45) is 16.5 Å². The lowest BCUT2D eigenvalue weighted by Crippen LogP contribution is -2.28. The van der Waals surface area contributed by atoms with Gasteiger partial charge in [0.15, 0.2) is 5.96 Å². The van der Waals surface area contributed by atoms with E-state index in [0.29, 0.717) is 16.6 Å². The summed E-state index contributed by atoms with van der Waals surface area (Å²) in [4.78, 5) is 4.02. The molecule has 0 aliphatic rings. The summed E-state index contributed by atoms with van der Waals surface area (Å²) in [5.41, 5.74) is 11.5. The third-order valence-electron chi connectivity index (χ3n) is 2.36. The number of hydrogen-bond acceptors (Lipinski definition) is 1. The van der Waals surface area contributed by atoms with E-state index in [0.717, 1.165) is 5.56 Å².